The third-order valence-corrected chi connectivity index (χ3v) is 5.04. The van der Waals surface area contributed by atoms with Crippen LogP contribution in [-0.4, -0.2) is 31.4 Å². The van der Waals surface area contributed by atoms with Crippen LogP contribution in [0.15, 0.2) is 59.6 Å². The van der Waals surface area contributed by atoms with Gasteiger partial charge in [0.2, 0.25) is 0 Å². The van der Waals surface area contributed by atoms with Gasteiger partial charge in [-0.1, -0.05) is 6.07 Å². The molecule has 0 saturated carbocycles. The van der Waals surface area contributed by atoms with Gasteiger partial charge in [-0.05, 0) is 55.5 Å². The van der Waals surface area contributed by atoms with E-state index in [-0.39, 0.29) is 6.03 Å². The van der Waals surface area contributed by atoms with Crippen molar-refractivity contribution in [2.45, 2.75) is 13.5 Å². The summed E-state index contributed by atoms with van der Waals surface area (Å²) in [6.45, 7) is 2.33. The predicted octanol–water partition coefficient (Wildman–Crippen LogP) is 4.31. The highest BCUT2D eigenvalue weighted by atomic mass is 16.5. The average molecular weight is 401 g/mol. The Hall–Kier alpha value is -3.87. The Kier molecular flexibility index (Phi) is 5.10. The standard InChI is InChI=1S/C23H23N5O2/c1-15-4-5-16-14-27(19-8-11-21(24)17(12-19)13-25-2)23(29)28(22(16)26-15)18-6-9-20(30-3)10-7-18/h4-13H,14,24H2,1-3H3. The van der Waals surface area contributed by atoms with E-state index in [0.29, 0.717) is 18.1 Å². The number of anilines is 4. The van der Waals surface area contributed by atoms with Crippen molar-refractivity contribution in [2.75, 3.05) is 29.7 Å². The van der Waals surface area contributed by atoms with Crippen LogP contribution in [0.5, 0.6) is 5.75 Å². The number of nitrogen functional groups attached to an aromatic ring is 1. The molecular formula is C23H23N5O2. The van der Waals surface area contributed by atoms with Gasteiger partial charge in [-0.25, -0.2) is 14.7 Å². The number of carbonyl (C=O) groups is 1. The zero-order chi connectivity index (χ0) is 21.3. The van der Waals surface area contributed by atoms with Gasteiger partial charge in [0, 0.05) is 41.5 Å². The third kappa shape index (κ3) is 3.45. The Morgan fingerprint density at radius 1 is 1.10 bits per heavy atom. The van der Waals surface area contributed by atoms with E-state index >= 15 is 0 Å². The number of methoxy groups -OCH3 is 1. The minimum Gasteiger partial charge on any atom is -0.497 e. The van der Waals surface area contributed by atoms with E-state index in [2.05, 4.69) is 9.98 Å². The van der Waals surface area contributed by atoms with Gasteiger partial charge in [0.25, 0.3) is 0 Å². The number of ether oxygens (including phenoxy) is 1. The number of pyridine rings is 1. The van der Waals surface area contributed by atoms with Crippen LogP contribution in [0.2, 0.25) is 0 Å². The Morgan fingerprint density at radius 2 is 1.83 bits per heavy atom. The number of benzene rings is 2. The molecule has 152 valence electrons. The van der Waals surface area contributed by atoms with Crippen LogP contribution in [-0.2, 0) is 6.54 Å². The summed E-state index contributed by atoms with van der Waals surface area (Å²) >= 11 is 0. The van der Waals surface area contributed by atoms with Crippen molar-refractivity contribution in [2.24, 2.45) is 4.99 Å². The fourth-order valence-electron chi connectivity index (χ4n) is 3.48. The Bertz CT molecular complexity index is 1120. The van der Waals surface area contributed by atoms with Gasteiger partial charge in [0.05, 0.1) is 19.3 Å². The van der Waals surface area contributed by atoms with E-state index in [0.717, 1.165) is 33.9 Å². The number of fused-ring (bicyclic) bond motifs is 1. The van der Waals surface area contributed by atoms with E-state index in [1.165, 1.54) is 0 Å². The molecule has 0 atom stereocenters. The van der Waals surface area contributed by atoms with Crippen LogP contribution in [0.25, 0.3) is 0 Å². The lowest BCUT2D eigenvalue weighted by Crippen LogP contribution is -2.45. The molecule has 2 aromatic carbocycles. The summed E-state index contributed by atoms with van der Waals surface area (Å²) in [7, 11) is 3.30. The summed E-state index contributed by atoms with van der Waals surface area (Å²) in [6, 6.07) is 16.7. The summed E-state index contributed by atoms with van der Waals surface area (Å²) in [6.07, 6.45) is 1.69. The van der Waals surface area contributed by atoms with Crippen molar-refractivity contribution >= 4 is 35.1 Å². The first-order valence-electron chi connectivity index (χ1n) is 9.55. The molecule has 0 saturated heterocycles. The number of aromatic nitrogens is 1. The smallest absolute Gasteiger partial charge is 0.335 e. The van der Waals surface area contributed by atoms with Crippen LogP contribution in [0.4, 0.5) is 27.7 Å². The maximum atomic E-state index is 13.6. The SMILES string of the molecule is CN=Cc1cc(N2Cc3ccc(C)nc3N(c3ccc(OC)cc3)C2=O)ccc1N. The molecule has 1 aromatic heterocycles. The fourth-order valence-corrected chi connectivity index (χ4v) is 3.48. The molecule has 1 aliphatic heterocycles. The number of aliphatic imine (C=N–C) groups is 1. The van der Waals surface area contributed by atoms with Gasteiger partial charge in [-0.2, -0.15) is 0 Å². The van der Waals surface area contributed by atoms with Crippen molar-refractivity contribution in [1.29, 1.82) is 0 Å². The summed E-state index contributed by atoms with van der Waals surface area (Å²) < 4.78 is 5.26. The molecule has 2 N–H and O–H groups in total. The molecule has 0 radical (unpaired) electrons. The van der Waals surface area contributed by atoms with Crippen molar-refractivity contribution in [3.05, 3.63) is 71.4 Å². The molecule has 1 aliphatic rings. The Morgan fingerprint density at radius 3 is 2.53 bits per heavy atom. The number of aryl methyl sites for hydroxylation is 1. The molecule has 2 heterocycles. The number of rotatable bonds is 4. The lowest BCUT2D eigenvalue weighted by atomic mass is 10.1. The minimum atomic E-state index is -0.185. The van der Waals surface area contributed by atoms with Crippen LogP contribution >= 0.6 is 0 Å². The molecule has 4 rings (SSSR count). The highest BCUT2D eigenvalue weighted by Crippen LogP contribution is 2.37. The summed E-state index contributed by atoms with van der Waals surface area (Å²) in [4.78, 5) is 25.7. The average Bonchev–Trinajstić information content (AvgIpc) is 2.75. The maximum absolute atomic E-state index is 13.6. The van der Waals surface area contributed by atoms with Gasteiger partial charge in [-0.3, -0.25) is 9.89 Å². The first-order valence-corrected chi connectivity index (χ1v) is 9.55. The lowest BCUT2D eigenvalue weighted by molar-refractivity contribution is 0.252. The van der Waals surface area contributed by atoms with Crippen molar-refractivity contribution in [3.8, 4) is 5.75 Å². The third-order valence-electron chi connectivity index (χ3n) is 5.04. The van der Waals surface area contributed by atoms with Gasteiger partial charge in [0.15, 0.2) is 0 Å². The van der Waals surface area contributed by atoms with E-state index in [1.807, 2.05) is 55.5 Å². The van der Waals surface area contributed by atoms with Gasteiger partial charge in [0.1, 0.15) is 11.6 Å². The van der Waals surface area contributed by atoms with E-state index in [4.69, 9.17) is 10.5 Å². The number of nitrogens with zero attached hydrogens (tertiary/aromatic N) is 4. The van der Waals surface area contributed by atoms with Crippen molar-refractivity contribution < 1.29 is 9.53 Å². The number of urea groups is 1. The number of amides is 2. The molecule has 0 spiro atoms. The molecule has 0 bridgehead atoms. The molecule has 7 heteroatoms. The molecule has 0 unspecified atom stereocenters. The largest absolute Gasteiger partial charge is 0.497 e. The number of hydrogen-bond acceptors (Lipinski definition) is 5. The molecule has 0 aliphatic carbocycles. The van der Waals surface area contributed by atoms with Gasteiger partial charge < -0.3 is 10.5 Å². The van der Waals surface area contributed by atoms with E-state index in [9.17, 15) is 4.79 Å². The fraction of sp³-hybridized carbons (Fsp3) is 0.174. The number of nitrogens with two attached hydrogens (primary N) is 1. The zero-order valence-corrected chi connectivity index (χ0v) is 17.2. The second-order valence-electron chi connectivity index (χ2n) is 7.04. The van der Waals surface area contributed by atoms with Gasteiger partial charge >= 0.3 is 6.03 Å². The summed E-state index contributed by atoms with van der Waals surface area (Å²) in [5.41, 5.74) is 10.7. The molecule has 7 nitrogen and oxygen atoms in total. The summed E-state index contributed by atoms with van der Waals surface area (Å²) in [5, 5.41) is 0. The second-order valence-corrected chi connectivity index (χ2v) is 7.04. The summed E-state index contributed by atoms with van der Waals surface area (Å²) in [5.74, 6) is 1.37. The molecule has 30 heavy (non-hydrogen) atoms. The lowest BCUT2D eigenvalue weighted by Gasteiger charge is -2.36. The van der Waals surface area contributed by atoms with Crippen molar-refractivity contribution in [3.63, 3.8) is 0 Å². The number of hydrogen-bond donors (Lipinski definition) is 1. The molecule has 3 aromatic rings. The van der Waals surface area contributed by atoms with E-state index < -0.39 is 0 Å². The maximum Gasteiger partial charge on any atom is 0.335 e. The van der Waals surface area contributed by atoms with Gasteiger partial charge in [-0.15, -0.1) is 0 Å². The Balaban J connectivity index is 1.83. The first kappa shape index (κ1) is 19.4. The van der Waals surface area contributed by atoms with Crippen LogP contribution in [0.3, 0.4) is 0 Å². The topological polar surface area (TPSA) is 84.1 Å². The highest BCUT2D eigenvalue weighted by molar-refractivity contribution is 6.10. The monoisotopic (exact) mass is 401 g/mol. The highest BCUT2D eigenvalue weighted by Gasteiger charge is 2.33. The first-order chi connectivity index (χ1) is 14.5. The van der Waals surface area contributed by atoms with Crippen molar-refractivity contribution in [1.82, 2.24) is 4.98 Å². The molecular weight excluding hydrogens is 378 g/mol. The quantitative estimate of drug-likeness (QED) is 0.522. The molecule has 0 fully saturated rings. The molecule has 2 amide bonds. The zero-order valence-electron chi connectivity index (χ0n) is 17.2. The van der Waals surface area contributed by atoms with Crippen LogP contribution in [0.1, 0.15) is 16.8 Å². The minimum absolute atomic E-state index is 0.185. The normalized spacial score (nSPS) is 13.6. The van der Waals surface area contributed by atoms with E-state index in [1.54, 1.807) is 36.2 Å². The number of carbonyl (C=O) groups excluding carboxylic acids is 1. The predicted molar refractivity (Wildman–Crippen MR) is 120 cm³/mol. The van der Waals surface area contributed by atoms with Crippen LogP contribution < -0.4 is 20.3 Å². The Labute approximate surface area is 175 Å². The second kappa shape index (κ2) is 7.87. The van der Waals surface area contributed by atoms with Crippen LogP contribution in [0, 0.1) is 6.92 Å².